The molecule has 0 saturated carbocycles. The number of carbonyl (C=O) groups is 2. The first-order valence-electron chi connectivity index (χ1n) is 13.2. The van der Waals surface area contributed by atoms with E-state index in [0.29, 0.717) is 31.3 Å². The summed E-state index contributed by atoms with van der Waals surface area (Å²) in [4.78, 5) is 29.0. The standard InChI is InChI=1S/C30H35N3O6S/c1-4-31-30(35)26(18-23-11-6-5-7-12-23)32(20-24-13-9-8-10-22(24)2)29(34)21-33(40(3,36)37)25-14-15-27-28(19-25)39-17-16-38-27/h5-15,19,26H,4,16-18,20-21H2,1-3H3,(H,31,35). The molecule has 1 aliphatic rings. The highest BCUT2D eigenvalue weighted by molar-refractivity contribution is 7.92. The molecule has 0 aromatic heterocycles. The van der Waals surface area contributed by atoms with Gasteiger partial charge in [-0.1, -0.05) is 54.6 Å². The van der Waals surface area contributed by atoms with Crippen molar-refractivity contribution in [2.24, 2.45) is 0 Å². The molecule has 0 aliphatic carbocycles. The van der Waals surface area contributed by atoms with Gasteiger partial charge in [-0.25, -0.2) is 8.42 Å². The van der Waals surface area contributed by atoms with E-state index in [9.17, 15) is 18.0 Å². The molecule has 4 rings (SSSR count). The number of likely N-dealkylation sites (N-methyl/N-ethyl adjacent to an activating group) is 1. The zero-order chi connectivity index (χ0) is 28.7. The predicted molar refractivity (Wildman–Crippen MR) is 154 cm³/mol. The number of hydrogen-bond donors (Lipinski definition) is 1. The summed E-state index contributed by atoms with van der Waals surface area (Å²) in [6, 6.07) is 21.0. The number of aryl methyl sites for hydroxylation is 1. The summed E-state index contributed by atoms with van der Waals surface area (Å²) in [6.07, 6.45) is 1.32. The monoisotopic (exact) mass is 565 g/mol. The van der Waals surface area contributed by atoms with Gasteiger partial charge >= 0.3 is 0 Å². The summed E-state index contributed by atoms with van der Waals surface area (Å²) in [5, 5.41) is 2.86. The van der Waals surface area contributed by atoms with Gasteiger partial charge in [0.15, 0.2) is 11.5 Å². The molecule has 3 aromatic carbocycles. The highest BCUT2D eigenvalue weighted by atomic mass is 32.2. The van der Waals surface area contributed by atoms with Crippen molar-refractivity contribution in [2.75, 3.05) is 36.9 Å². The molecule has 1 heterocycles. The summed E-state index contributed by atoms with van der Waals surface area (Å²) >= 11 is 0. The van der Waals surface area contributed by atoms with E-state index in [1.165, 1.54) is 4.90 Å². The van der Waals surface area contributed by atoms with Gasteiger partial charge in [0, 0.05) is 25.6 Å². The number of anilines is 1. The summed E-state index contributed by atoms with van der Waals surface area (Å²) in [5.74, 6) is 0.107. The average Bonchev–Trinajstić information content (AvgIpc) is 2.94. The van der Waals surface area contributed by atoms with Crippen LogP contribution in [-0.2, 0) is 32.6 Å². The van der Waals surface area contributed by atoms with Gasteiger partial charge in [0.25, 0.3) is 0 Å². The number of fused-ring (bicyclic) bond motifs is 1. The Morgan fingerprint density at radius 1 is 0.950 bits per heavy atom. The number of nitrogens with zero attached hydrogens (tertiary/aromatic N) is 2. The maximum absolute atomic E-state index is 14.1. The van der Waals surface area contributed by atoms with Crippen LogP contribution in [0.1, 0.15) is 23.6 Å². The van der Waals surface area contributed by atoms with Crippen LogP contribution in [0.25, 0.3) is 0 Å². The van der Waals surface area contributed by atoms with Crippen molar-refractivity contribution in [3.63, 3.8) is 0 Å². The number of ether oxygens (including phenoxy) is 2. The van der Waals surface area contributed by atoms with E-state index in [2.05, 4.69) is 5.32 Å². The Labute approximate surface area is 235 Å². The number of sulfonamides is 1. The Morgan fingerprint density at radius 3 is 2.30 bits per heavy atom. The summed E-state index contributed by atoms with van der Waals surface area (Å²) < 4.78 is 38.2. The van der Waals surface area contributed by atoms with Crippen LogP contribution in [0.2, 0.25) is 0 Å². The number of hydrogen-bond acceptors (Lipinski definition) is 6. The van der Waals surface area contributed by atoms with Gasteiger partial charge in [-0.3, -0.25) is 13.9 Å². The molecule has 0 bridgehead atoms. The van der Waals surface area contributed by atoms with Crippen molar-refractivity contribution in [3.05, 3.63) is 89.5 Å². The molecule has 40 heavy (non-hydrogen) atoms. The summed E-state index contributed by atoms with van der Waals surface area (Å²) in [7, 11) is -3.88. The first-order valence-corrected chi connectivity index (χ1v) is 15.0. The molecule has 212 valence electrons. The third-order valence-corrected chi connectivity index (χ3v) is 7.86. The highest BCUT2D eigenvalue weighted by Crippen LogP contribution is 2.34. The van der Waals surface area contributed by atoms with E-state index in [4.69, 9.17) is 9.47 Å². The molecule has 10 heteroatoms. The van der Waals surface area contributed by atoms with Crippen LogP contribution in [0.5, 0.6) is 11.5 Å². The molecule has 0 radical (unpaired) electrons. The first-order chi connectivity index (χ1) is 19.2. The third-order valence-electron chi connectivity index (χ3n) is 6.72. The smallest absolute Gasteiger partial charge is 0.244 e. The van der Waals surface area contributed by atoms with Gasteiger partial charge in [-0.15, -0.1) is 0 Å². The fraction of sp³-hybridized carbons (Fsp3) is 0.333. The molecule has 1 aliphatic heterocycles. The lowest BCUT2D eigenvalue weighted by Crippen LogP contribution is -2.53. The fourth-order valence-electron chi connectivity index (χ4n) is 4.62. The average molecular weight is 566 g/mol. The Bertz CT molecular complexity index is 1440. The Morgan fingerprint density at radius 2 is 1.62 bits per heavy atom. The van der Waals surface area contributed by atoms with Crippen molar-refractivity contribution in [1.82, 2.24) is 10.2 Å². The van der Waals surface area contributed by atoms with Crippen LogP contribution in [0.15, 0.2) is 72.8 Å². The maximum Gasteiger partial charge on any atom is 0.244 e. The largest absolute Gasteiger partial charge is 0.486 e. The number of carbonyl (C=O) groups excluding carboxylic acids is 2. The zero-order valence-electron chi connectivity index (χ0n) is 23.0. The van der Waals surface area contributed by atoms with E-state index >= 15 is 0 Å². The lowest BCUT2D eigenvalue weighted by molar-refractivity contribution is -0.140. The predicted octanol–water partition coefficient (Wildman–Crippen LogP) is 3.31. The van der Waals surface area contributed by atoms with E-state index in [0.717, 1.165) is 27.3 Å². The lowest BCUT2D eigenvalue weighted by atomic mass is 10.0. The molecule has 1 N–H and O–H groups in total. The van der Waals surface area contributed by atoms with Crippen molar-refractivity contribution >= 4 is 27.5 Å². The van der Waals surface area contributed by atoms with Crippen molar-refractivity contribution in [3.8, 4) is 11.5 Å². The second-order valence-electron chi connectivity index (χ2n) is 9.65. The van der Waals surface area contributed by atoms with Gasteiger partial charge in [0.05, 0.1) is 11.9 Å². The fourth-order valence-corrected chi connectivity index (χ4v) is 5.46. The highest BCUT2D eigenvalue weighted by Gasteiger charge is 2.33. The van der Waals surface area contributed by atoms with Gasteiger partial charge in [-0.2, -0.15) is 0 Å². The van der Waals surface area contributed by atoms with Crippen LogP contribution in [0.3, 0.4) is 0 Å². The molecule has 2 amide bonds. The minimum Gasteiger partial charge on any atom is -0.486 e. The van der Waals surface area contributed by atoms with E-state index in [-0.39, 0.29) is 24.6 Å². The van der Waals surface area contributed by atoms with Crippen LogP contribution in [-0.4, -0.2) is 63.7 Å². The SMILES string of the molecule is CCNC(=O)C(Cc1ccccc1)N(Cc1ccccc1C)C(=O)CN(c1ccc2c(c1)OCCO2)S(C)(=O)=O. The van der Waals surface area contributed by atoms with Crippen LogP contribution in [0.4, 0.5) is 5.69 Å². The zero-order valence-corrected chi connectivity index (χ0v) is 23.8. The van der Waals surface area contributed by atoms with Crippen molar-refractivity contribution in [2.45, 2.75) is 32.9 Å². The van der Waals surface area contributed by atoms with Crippen LogP contribution >= 0.6 is 0 Å². The minimum absolute atomic E-state index is 0.138. The molecule has 1 atom stereocenters. The second kappa shape index (κ2) is 12.9. The normalized spacial score (nSPS) is 13.3. The van der Waals surface area contributed by atoms with Gasteiger partial charge in [0.1, 0.15) is 25.8 Å². The number of benzene rings is 3. The second-order valence-corrected chi connectivity index (χ2v) is 11.6. The molecular weight excluding hydrogens is 530 g/mol. The van der Waals surface area contributed by atoms with Crippen LogP contribution in [0, 0.1) is 6.92 Å². The quantitative estimate of drug-likeness (QED) is 0.383. The molecule has 0 spiro atoms. The van der Waals surface area contributed by atoms with Gasteiger partial charge in [-0.05, 0) is 42.7 Å². The summed E-state index contributed by atoms with van der Waals surface area (Å²) in [6.45, 7) is 4.53. The molecule has 3 aromatic rings. The molecule has 9 nitrogen and oxygen atoms in total. The Kier molecular flexibility index (Phi) is 9.31. The van der Waals surface area contributed by atoms with Crippen molar-refractivity contribution < 1.29 is 27.5 Å². The number of nitrogens with one attached hydrogen (secondary N) is 1. The number of rotatable bonds is 11. The maximum atomic E-state index is 14.1. The Hall–Kier alpha value is -4.05. The van der Waals surface area contributed by atoms with E-state index in [1.807, 2.05) is 68.4 Å². The minimum atomic E-state index is -3.88. The van der Waals surface area contributed by atoms with E-state index < -0.39 is 28.5 Å². The van der Waals surface area contributed by atoms with Crippen molar-refractivity contribution in [1.29, 1.82) is 0 Å². The van der Waals surface area contributed by atoms with Gasteiger partial charge < -0.3 is 19.7 Å². The topological polar surface area (TPSA) is 105 Å². The molecule has 1 unspecified atom stereocenters. The summed E-state index contributed by atoms with van der Waals surface area (Å²) in [5.41, 5.74) is 2.98. The molecule has 0 saturated heterocycles. The van der Waals surface area contributed by atoms with Crippen LogP contribution < -0.4 is 19.1 Å². The Balaban J connectivity index is 1.72. The third kappa shape index (κ3) is 7.12. The lowest BCUT2D eigenvalue weighted by Gasteiger charge is -2.34. The molecule has 0 fully saturated rings. The first kappa shape index (κ1) is 28.9. The number of amides is 2. The molecular formula is C30H35N3O6S. The van der Waals surface area contributed by atoms with Gasteiger partial charge in [0.2, 0.25) is 21.8 Å². The van der Waals surface area contributed by atoms with E-state index in [1.54, 1.807) is 18.2 Å².